The van der Waals surface area contributed by atoms with Gasteiger partial charge in [0.25, 0.3) is 0 Å². The molecule has 0 atom stereocenters. The van der Waals surface area contributed by atoms with Crippen molar-refractivity contribution in [2.75, 3.05) is 0 Å². The third-order valence-electron chi connectivity index (χ3n) is 1.63. The van der Waals surface area contributed by atoms with E-state index in [1.807, 2.05) is 0 Å². The van der Waals surface area contributed by atoms with E-state index < -0.39 is 12.4 Å². The third kappa shape index (κ3) is 1.46. The van der Waals surface area contributed by atoms with Crippen molar-refractivity contribution in [3.05, 3.63) is 28.7 Å². The zero-order valence-electron chi connectivity index (χ0n) is 6.79. The highest BCUT2D eigenvalue weighted by molar-refractivity contribution is 5.78. The highest BCUT2D eigenvalue weighted by Gasteiger charge is 2.11. The summed E-state index contributed by atoms with van der Waals surface area (Å²) in [5, 5.41) is 0. The molecule has 2 aromatic rings. The molecule has 14 heavy (non-hydrogen) atoms. The highest BCUT2D eigenvalue weighted by atomic mass is 19.3. The molecule has 0 saturated heterocycles. The first-order chi connectivity index (χ1) is 6.66. The summed E-state index contributed by atoms with van der Waals surface area (Å²) in [6.07, 6.45) is 0. The van der Waals surface area contributed by atoms with E-state index in [0.29, 0.717) is 5.52 Å². The lowest BCUT2D eigenvalue weighted by Crippen LogP contribution is -2.01. The quantitative estimate of drug-likeness (QED) is 0.804. The standard InChI is InChI=1S/C8H5F2NO3/c9-7(10)13-5-3-1-2-4-6(5)14-8(12)11-4/h1-3,7H,(H,11,12). The normalized spacial score (nSPS) is 11.1. The van der Waals surface area contributed by atoms with Crippen LogP contribution in [0.25, 0.3) is 11.1 Å². The predicted molar refractivity (Wildman–Crippen MR) is 43.5 cm³/mol. The van der Waals surface area contributed by atoms with Crippen LogP contribution in [0.15, 0.2) is 27.4 Å². The van der Waals surface area contributed by atoms with Crippen LogP contribution >= 0.6 is 0 Å². The molecule has 0 aliphatic heterocycles. The van der Waals surface area contributed by atoms with Crippen LogP contribution in [-0.2, 0) is 0 Å². The smallest absolute Gasteiger partial charge is 0.417 e. The van der Waals surface area contributed by atoms with Gasteiger partial charge in [0, 0.05) is 0 Å². The number of nitrogens with one attached hydrogen (secondary N) is 1. The largest absolute Gasteiger partial charge is 0.431 e. The fraction of sp³-hybridized carbons (Fsp3) is 0.125. The Hall–Kier alpha value is -1.85. The number of oxazole rings is 1. The molecule has 1 heterocycles. The van der Waals surface area contributed by atoms with E-state index in [4.69, 9.17) is 0 Å². The number of para-hydroxylation sites is 1. The van der Waals surface area contributed by atoms with Gasteiger partial charge in [-0.2, -0.15) is 8.78 Å². The van der Waals surface area contributed by atoms with E-state index in [-0.39, 0.29) is 11.3 Å². The molecule has 0 aliphatic rings. The number of fused-ring (bicyclic) bond motifs is 1. The van der Waals surface area contributed by atoms with Crippen molar-refractivity contribution in [2.45, 2.75) is 6.61 Å². The van der Waals surface area contributed by atoms with Crippen LogP contribution in [0.4, 0.5) is 8.78 Å². The molecule has 0 bridgehead atoms. The fourth-order valence-electron chi connectivity index (χ4n) is 1.14. The van der Waals surface area contributed by atoms with Crippen LogP contribution in [0.2, 0.25) is 0 Å². The van der Waals surface area contributed by atoms with Gasteiger partial charge in [-0.25, -0.2) is 4.79 Å². The van der Waals surface area contributed by atoms with Gasteiger partial charge < -0.3 is 9.15 Å². The van der Waals surface area contributed by atoms with Crippen molar-refractivity contribution in [1.82, 2.24) is 4.98 Å². The first-order valence-electron chi connectivity index (χ1n) is 3.73. The Morgan fingerprint density at radius 3 is 2.93 bits per heavy atom. The van der Waals surface area contributed by atoms with E-state index in [1.54, 1.807) is 0 Å². The molecule has 0 unspecified atom stereocenters. The first-order valence-corrected chi connectivity index (χ1v) is 3.73. The van der Waals surface area contributed by atoms with Crippen LogP contribution in [0.1, 0.15) is 0 Å². The van der Waals surface area contributed by atoms with Crippen LogP contribution in [-0.4, -0.2) is 11.6 Å². The van der Waals surface area contributed by atoms with E-state index in [0.717, 1.165) is 0 Å². The Labute approximate surface area is 76.1 Å². The summed E-state index contributed by atoms with van der Waals surface area (Å²) in [5.41, 5.74) is 0.325. The summed E-state index contributed by atoms with van der Waals surface area (Å²) >= 11 is 0. The van der Waals surface area contributed by atoms with Gasteiger partial charge in [0.2, 0.25) is 0 Å². The lowest BCUT2D eigenvalue weighted by Gasteiger charge is -2.02. The molecule has 2 rings (SSSR count). The molecular weight excluding hydrogens is 196 g/mol. The molecular formula is C8H5F2NO3. The Bertz CT molecular complexity index is 503. The molecule has 0 fully saturated rings. The van der Waals surface area contributed by atoms with Crippen molar-refractivity contribution in [3.63, 3.8) is 0 Å². The van der Waals surface area contributed by atoms with E-state index >= 15 is 0 Å². The molecule has 1 aromatic carbocycles. The minimum absolute atomic E-state index is 0.00204. The number of aromatic amines is 1. The number of aromatic nitrogens is 1. The average Bonchev–Trinajstić information content (AvgIpc) is 2.45. The maximum Gasteiger partial charge on any atom is 0.417 e. The van der Waals surface area contributed by atoms with Crippen molar-refractivity contribution in [1.29, 1.82) is 0 Å². The highest BCUT2D eigenvalue weighted by Crippen LogP contribution is 2.24. The Kier molecular flexibility index (Phi) is 1.95. The second-order valence-electron chi connectivity index (χ2n) is 2.53. The third-order valence-corrected chi connectivity index (χ3v) is 1.63. The average molecular weight is 201 g/mol. The molecule has 4 nitrogen and oxygen atoms in total. The Balaban J connectivity index is 2.58. The van der Waals surface area contributed by atoms with Gasteiger partial charge in [0.15, 0.2) is 11.3 Å². The minimum atomic E-state index is -2.94. The Morgan fingerprint density at radius 2 is 2.21 bits per heavy atom. The molecule has 6 heteroatoms. The fourth-order valence-corrected chi connectivity index (χ4v) is 1.14. The van der Waals surface area contributed by atoms with E-state index in [2.05, 4.69) is 14.1 Å². The van der Waals surface area contributed by atoms with Crippen molar-refractivity contribution >= 4 is 11.1 Å². The number of ether oxygens (including phenoxy) is 1. The number of H-pyrrole nitrogens is 1. The monoisotopic (exact) mass is 201 g/mol. The molecule has 74 valence electrons. The summed E-state index contributed by atoms with van der Waals surface area (Å²) < 4.78 is 32.6. The zero-order valence-corrected chi connectivity index (χ0v) is 6.79. The number of benzene rings is 1. The molecule has 0 aliphatic carbocycles. The number of hydrogen-bond acceptors (Lipinski definition) is 3. The van der Waals surface area contributed by atoms with Gasteiger partial charge in [0.05, 0.1) is 5.52 Å². The SMILES string of the molecule is O=c1[nH]c2cccc(OC(F)F)c2o1. The van der Waals surface area contributed by atoms with E-state index in [1.165, 1.54) is 18.2 Å². The zero-order chi connectivity index (χ0) is 10.1. The van der Waals surface area contributed by atoms with Gasteiger partial charge in [-0.05, 0) is 12.1 Å². The molecule has 1 aromatic heterocycles. The molecule has 0 spiro atoms. The summed E-state index contributed by atoms with van der Waals surface area (Å²) in [6, 6.07) is 4.30. The Morgan fingerprint density at radius 1 is 1.43 bits per heavy atom. The minimum Gasteiger partial charge on any atom is -0.431 e. The number of hydrogen-bond donors (Lipinski definition) is 1. The van der Waals surface area contributed by atoms with Crippen molar-refractivity contribution < 1.29 is 17.9 Å². The predicted octanol–water partition coefficient (Wildman–Crippen LogP) is 1.72. The van der Waals surface area contributed by atoms with Gasteiger partial charge in [-0.3, -0.25) is 4.98 Å². The van der Waals surface area contributed by atoms with Gasteiger partial charge in [-0.1, -0.05) is 6.07 Å². The van der Waals surface area contributed by atoms with Crippen LogP contribution in [0, 0.1) is 0 Å². The topological polar surface area (TPSA) is 55.2 Å². The molecule has 0 radical (unpaired) electrons. The van der Waals surface area contributed by atoms with Gasteiger partial charge in [-0.15, -0.1) is 0 Å². The summed E-state index contributed by atoms with van der Waals surface area (Å²) in [5.74, 6) is -0.860. The number of halogens is 2. The maximum atomic E-state index is 11.9. The lowest BCUT2D eigenvalue weighted by molar-refractivity contribution is -0.0494. The van der Waals surface area contributed by atoms with Crippen LogP contribution in [0.3, 0.4) is 0 Å². The second-order valence-corrected chi connectivity index (χ2v) is 2.53. The molecule has 0 saturated carbocycles. The van der Waals surface area contributed by atoms with Gasteiger partial charge >= 0.3 is 12.4 Å². The molecule has 1 N–H and O–H groups in total. The summed E-state index contributed by atoms with van der Waals surface area (Å²) in [6.45, 7) is -2.94. The van der Waals surface area contributed by atoms with Crippen molar-refractivity contribution in [2.24, 2.45) is 0 Å². The van der Waals surface area contributed by atoms with Crippen LogP contribution in [0.5, 0.6) is 5.75 Å². The maximum absolute atomic E-state index is 11.9. The number of alkyl halides is 2. The number of rotatable bonds is 2. The summed E-state index contributed by atoms with van der Waals surface area (Å²) in [4.78, 5) is 13.1. The van der Waals surface area contributed by atoms with Gasteiger partial charge in [0.1, 0.15) is 0 Å². The van der Waals surface area contributed by atoms with Crippen LogP contribution < -0.4 is 10.5 Å². The lowest BCUT2D eigenvalue weighted by atomic mass is 10.3. The van der Waals surface area contributed by atoms with Crippen molar-refractivity contribution in [3.8, 4) is 5.75 Å². The van der Waals surface area contributed by atoms with E-state index in [9.17, 15) is 13.6 Å². The first kappa shape index (κ1) is 8.74. The summed E-state index contributed by atoms with van der Waals surface area (Å²) in [7, 11) is 0. The second kappa shape index (κ2) is 3.13. The molecule has 0 amide bonds.